The van der Waals surface area contributed by atoms with Crippen LogP contribution in [-0.2, 0) is 6.42 Å². The average Bonchev–Trinajstić information content (AvgIpc) is 2.54. The minimum Gasteiger partial charge on any atom is -0.0937 e. The summed E-state index contributed by atoms with van der Waals surface area (Å²) in [5.74, 6) is 0.616. The van der Waals surface area contributed by atoms with Gasteiger partial charge in [0, 0.05) is 5.92 Å². The fraction of sp³-hybridized carbons (Fsp3) is 0.300. The molecule has 3 rings (SSSR count). The van der Waals surface area contributed by atoms with E-state index in [1.54, 1.807) is 11.1 Å². The summed E-state index contributed by atoms with van der Waals surface area (Å²) < 4.78 is 0. The Morgan fingerprint density at radius 3 is 2.48 bits per heavy atom. The molecule has 2 aromatic carbocycles. The van der Waals surface area contributed by atoms with Gasteiger partial charge in [0.05, 0.1) is 0 Å². The summed E-state index contributed by atoms with van der Waals surface area (Å²) in [5.41, 5.74) is 5.64. The number of benzene rings is 2. The highest BCUT2D eigenvalue weighted by atomic mass is 28.3. The molecule has 2 aromatic rings. The van der Waals surface area contributed by atoms with Crippen molar-refractivity contribution in [2.45, 2.75) is 38.3 Å². The van der Waals surface area contributed by atoms with Crippen LogP contribution in [0, 0.1) is 0 Å². The Hall–Kier alpha value is -1.60. The molecular weight excluding hydrogens is 268 g/mol. The molecule has 0 saturated carbocycles. The first kappa shape index (κ1) is 14.3. The Kier molecular flexibility index (Phi) is 4.11. The predicted molar refractivity (Wildman–Crippen MR) is 94.8 cm³/mol. The minimum atomic E-state index is -1.47. The van der Waals surface area contributed by atoms with E-state index in [-0.39, 0.29) is 0 Å². The van der Waals surface area contributed by atoms with Crippen molar-refractivity contribution in [2.24, 2.45) is 0 Å². The molecule has 108 valence electrons. The van der Waals surface area contributed by atoms with Crippen molar-refractivity contribution in [1.29, 1.82) is 0 Å². The molecule has 21 heavy (non-hydrogen) atoms. The molecule has 0 fully saturated rings. The lowest BCUT2D eigenvalue weighted by Crippen LogP contribution is -2.39. The summed E-state index contributed by atoms with van der Waals surface area (Å²) in [6.45, 7) is 4.88. The minimum absolute atomic E-state index is 0.616. The molecule has 0 aliphatic heterocycles. The van der Waals surface area contributed by atoms with Gasteiger partial charge >= 0.3 is 0 Å². The van der Waals surface area contributed by atoms with E-state index in [2.05, 4.69) is 79.5 Å². The SMILES string of the molecule is C[Si](C)(/C=C/[C@@H]1CCCc2ccccc21)c1ccccc1. The molecule has 0 amide bonds. The number of hydrogen-bond donors (Lipinski definition) is 0. The van der Waals surface area contributed by atoms with Crippen molar-refractivity contribution in [3.05, 3.63) is 77.5 Å². The first-order chi connectivity index (χ1) is 10.2. The Bertz CT molecular complexity index is 625. The van der Waals surface area contributed by atoms with Crippen LogP contribution < -0.4 is 5.19 Å². The molecule has 0 heterocycles. The van der Waals surface area contributed by atoms with Gasteiger partial charge in [0.25, 0.3) is 0 Å². The highest BCUT2D eigenvalue weighted by molar-refractivity contribution is 6.93. The van der Waals surface area contributed by atoms with E-state index in [0.29, 0.717) is 5.92 Å². The van der Waals surface area contributed by atoms with Gasteiger partial charge in [0.1, 0.15) is 8.07 Å². The van der Waals surface area contributed by atoms with Crippen molar-refractivity contribution in [2.75, 3.05) is 0 Å². The van der Waals surface area contributed by atoms with E-state index in [1.165, 1.54) is 24.4 Å². The van der Waals surface area contributed by atoms with Gasteiger partial charge in [-0.3, -0.25) is 0 Å². The molecule has 1 heteroatoms. The lowest BCUT2D eigenvalue weighted by Gasteiger charge is -2.25. The van der Waals surface area contributed by atoms with E-state index < -0.39 is 8.07 Å². The molecule has 0 saturated heterocycles. The van der Waals surface area contributed by atoms with Crippen molar-refractivity contribution < 1.29 is 0 Å². The number of hydrogen-bond acceptors (Lipinski definition) is 0. The number of allylic oxidation sites excluding steroid dienone is 1. The lowest BCUT2D eigenvalue weighted by molar-refractivity contribution is 0.629. The van der Waals surface area contributed by atoms with Crippen LogP contribution in [-0.4, -0.2) is 8.07 Å². The van der Waals surface area contributed by atoms with Gasteiger partial charge in [-0.05, 0) is 30.4 Å². The van der Waals surface area contributed by atoms with E-state index >= 15 is 0 Å². The lowest BCUT2D eigenvalue weighted by atomic mass is 9.83. The summed E-state index contributed by atoms with van der Waals surface area (Å²) in [6.07, 6.45) is 6.36. The van der Waals surface area contributed by atoms with Crippen LogP contribution in [0.25, 0.3) is 0 Å². The van der Waals surface area contributed by atoms with Gasteiger partial charge in [0.2, 0.25) is 0 Å². The second-order valence-corrected chi connectivity index (χ2v) is 11.0. The van der Waals surface area contributed by atoms with Crippen molar-refractivity contribution in [1.82, 2.24) is 0 Å². The standard InChI is InChI=1S/C20H24Si/c1-21(2,19-12-4-3-5-13-19)16-15-18-11-8-10-17-9-6-7-14-20(17)18/h3-7,9,12-16,18H,8,10-11H2,1-2H3/b16-15+/t18-/m0/s1. The molecule has 0 N–H and O–H groups in total. The van der Waals surface area contributed by atoms with E-state index in [1.807, 2.05) is 0 Å². The van der Waals surface area contributed by atoms with Crippen molar-refractivity contribution >= 4 is 13.3 Å². The van der Waals surface area contributed by atoms with Crippen LogP contribution in [0.5, 0.6) is 0 Å². The van der Waals surface area contributed by atoms with Gasteiger partial charge in [-0.1, -0.05) is 84.7 Å². The topological polar surface area (TPSA) is 0 Å². The maximum Gasteiger partial charge on any atom is 0.103 e. The molecule has 0 nitrogen and oxygen atoms in total. The summed E-state index contributed by atoms with van der Waals surface area (Å²) in [7, 11) is -1.47. The highest BCUT2D eigenvalue weighted by Crippen LogP contribution is 2.32. The van der Waals surface area contributed by atoms with Crippen molar-refractivity contribution in [3.63, 3.8) is 0 Å². The van der Waals surface area contributed by atoms with Gasteiger partial charge < -0.3 is 0 Å². The Morgan fingerprint density at radius 2 is 1.67 bits per heavy atom. The summed E-state index contributed by atoms with van der Waals surface area (Å²) in [5, 5.41) is 1.52. The average molecular weight is 292 g/mol. The van der Waals surface area contributed by atoms with Gasteiger partial charge in [-0.2, -0.15) is 0 Å². The first-order valence-electron chi connectivity index (χ1n) is 7.99. The second-order valence-electron chi connectivity index (χ2n) is 6.64. The molecule has 0 aromatic heterocycles. The van der Waals surface area contributed by atoms with Crippen LogP contribution in [0.1, 0.15) is 29.9 Å². The third-order valence-corrected chi connectivity index (χ3v) is 7.53. The van der Waals surface area contributed by atoms with Crippen LogP contribution in [0.3, 0.4) is 0 Å². The normalized spacial score (nSPS) is 18.7. The quantitative estimate of drug-likeness (QED) is 0.712. The Balaban J connectivity index is 1.84. The van der Waals surface area contributed by atoms with Gasteiger partial charge in [0.15, 0.2) is 0 Å². The molecular formula is C20H24Si. The Morgan fingerprint density at radius 1 is 0.952 bits per heavy atom. The second kappa shape index (κ2) is 6.03. The zero-order valence-corrected chi connectivity index (χ0v) is 14.0. The number of fused-ring (bicyclic) bond motifs is 1. The zero-order chi connectivity index (χ0) is 14.7. The highest BCUT2D eigenvalue weighted by Gasteiger charge is 2.22. The van der Waals surface area contributed by atoms with Crippen LogP contribution in [0.2, 0.25) is 13.1 Å². The summed E-state index contributed by atoms with van der Waals surface area (Å²) in [4.78, 5) is 0. The number of rotatable bonds is 3. The molecule has 0 unspecified atom stereocenters. The first-order valence-corrected chi connectivity index (χ1v) is 11.1. The molecule has 1 aliphatic rings. The maximum atomic E-state index is 2.54. The van der Waals surface area contributed by atoms with Gasteiger partial charge in [-0.25, -0.2) is 0 Å². The van der Waals surface area contributed by atoms with E-state index in [9.17, 15) is 0 Å². The van der Waals surface area contributed by atoms with E-state index in [4.69, 9.17) is 0 Å². The molecule has 0 spiro atoms. The van der Waals surface area contributed by atoms with Crippen LogP contribution >= 0.6 is 0 Å². The van der Waals surface area contributed by atoms with Crippen LogP contribution in [0.4, 0.5) is 0 Å². The Labute approximate surface area is 129 Å². The smallest absolute Gasteiger partial charge is 0.0937 e. The fourth-order valence-electron chi connectivity index (χ4n) is 3.31. The third kappa shape index (κ3) is 3.19. The summed E-state index contributed by atoms with van der Waals surface area (Å²) >= 11 is 0. The third-order valence-electron chi connectivity index (χ3n) is 4.68. The molecule has 1 atom stereocenters. The summed E-state index contributed by atoms with van der Waals surface area (Å²) in [6, 6.07) is 20.0. The molecule has 0 radical (unpaired) electrons. The van der Waals surface area contributed by atoms with Gasteiger partial charge in [-0.15, -0.1) is 0 Å². The van der Waals surface area contributed by atoms with Crippen molar-refractivity contribution in [3.8, 4) is 0 Å². The van der Waals surface area contributed by atoms with Crippen LogP contribution in [0.15, 0.2) is 66.4 Å². The fourth-order valence-corrected chi connectivity index (χ4v) is 5.27. The number of aryl methyl sites for hydroxylation is 1. The largest absolute Gasteiger partial charge is 0.103 e. The van der Waals surface area contributed by atoms with E-state index in [0.717, 1.165) is 0 Å². The maximum absolute atomic E-state index is 2.54. The zero-order valence-electron chi connectivity index (χ0n) is 13.0. The monoisotopic (exact) mass is 292 g/mol. The molecule has 1 aliphatic carbocycles. The molecule has 0 bridgehead atoms. The predicted octanol–water partition coefficient (Wildman–Crippen LogP) is 4.82.